The van der Waals surface area contributed by atoms with Gasteiger partial charge in [-0.05, 0) is 122 Å². The first-order valence-electron chi connectivity index (χ1n) is 46.4. The smallest absolute Gasteiger partial charge is 0.337 e. The molecule has 0 saturated carbocycles. The Kier molecular flexibility index (Phi) is 83.1. The van der Waals surface area contributed by atoms with Crippen LogP contribution in [0.2, 0.25) is 0 Å². The molecule has 0 rings (SSSR count). The number of hydrogen-bond donors (Lipinski definition) is 16. The van der Waals surface area contributed by atoms with E-state index in [4.69, 9.17) is 53.8 Å². The Morgan fingerprint density at radius 1 is 0.381 bits per heavy atom. The van der Waals surface area contributed by atoms with Crippen LogP contribution < -0.4 is 21.3 Å². The summed E-state index contributed by atoms with van der Waals surface area (Å²) in [6.45, 7) is 17.5. The van der Waals surface area contributed by atoms with Crippen LogP contribution in [0.4, 0.5) is 0 Å². The third-order valence-corrected chi connectivity index (χ3v) is 20.1. The average Bonchev–Trinajstić information content (AvgIpc) is 0.790. The van der Waals surface area contributed by atoms with Crippen molar-refractivity contribution in [1.82, 2.24) is 21.3 Å². The fraction of sp³-hybridized carbons (Fsp3) is 0.604. The number of carboxylic acids is 5. The summed E-state index contributed by atoms with van der Waals surface area (Å²) >= 11 is 0. The third-order valence-electron chi connectivity index (χ3n) is 19.2. The summed E-state index contributed by atoms with van der Waals surface area (Å²) in [5.41, 5.74) is -13.2. The number of carboxylic acid groups (broad SMARTS) is 5. The van der Waals surface area contributed by atoms with Crippen molar-refractivity contribution in [3.63, 3.8) is 0 Å². The Bertz CT molecular complexity index is 4300. The first-order chi connectivity index (χ1) is 66.9. The largest absolute Gasteiger partial charge is 0.541 e. The molecule has 20 unspecified atom stereocenters. The second-order valence-electron chi connectivity index (χ2n) is 29.6. The Hall–Kier alpha value is -7.39. The van der Waals surface area contributed by atoms with Crippen molar-refractivity contribution in [3.8, 4) is 0 Å². The van der Waals surface area contributed by atoms with Crippen LogP contribution in [-0.4, -0.2) is 282 Å². The Morgan fingerprint density at radius 3 is 0.942 bits per heavy atom. The molecule has 0 spiro atoms. The van der Waals surface area contributed by atoms with Gasteiger partial charge >= 0.3 is 29.8 Å². The van der Waals surface area contributed by atoms with E-state index in [-0.39, 0.29) is 181 Å². The van der Waals surface area contributed by atoms with E-state index >= 15 is 0 Å². The van der Waals surface area contributed by atoms with Gasteiger partial charge in [-0.1, -0.05) is 120 Å². The summed E-state index contributed by atoms with van der Waals surface area (Å²) in [7, 11) is 8.03. The predicted molar refractivity (Wildman–Crippen MR) is 515 cm³/mol. The molecular formula is C91H146N4O38P4Y2-2. The molecule has 0 aliphatic heterocycles. The molecule has 4 amide bonds. The number of Topliss-reactive ketones (excluding diaryl/α,β-unsaturated/α-hetero) is 10. The van der Waals surface area contributed by atoms with E-state index in [0.29, 0.717) is 45.6 Å². The minimum absolute atomic E-state index is 0. The molecule has 0 aromatic carbocycles. The van der Waals surface area contributed by atoms with Crippen molar-refractivity contribution >= 4 is 168 Å². The number of aliphatic carboxylic acids is 5. The molecular weight excluding hydrogens is 2060 g/mol. The van der Waals surface area contributed by atoms with Crippen molar-refractivity contribution in [3.05, 3.63) is 85.1 Å². The maximum Gasteiger partial charge on any atom is 0.337 e. The molecule has 20 atom stereocenters. The summed E-state index contributed by atoms with van der Waals surface area (Å²) in [4.78, 5) is 248. The second-order valence-corrected chi connectivity index (χ2v) is 30.9. The van der Waals surface area contributed by atoms with Crippen LogP contribution in [0.1, 0.15) is 237 Å². The maximum atomic E-state index is 12.4. The van der Waals surface area contributed by atoms with Gasteiger partial charge in [0.05, 0.1) is 81.1 Å². The van der Waals surface area contributed by atoms with Crippen LogP contribution >= 0.6 is 37.9 Å². The minimum atomic E-state index is -3.07. The molecule has 0 bridgehead atoms. The summed E-state index contributed by atoms with van der Waals surface area (Å²) in [5, 5.41) is 125. The quantitative estimate of drug-likeness (QED) is 0.0128. The minimum Gasteiger partial charge on any atom is -0.541 e. The number of hydrogen-bond acceptors (Lipinski definition) is 33. The topological polar surface area (TPSA) is 703 Å². The monoisotopic (exact) mass is 2210 g/mol. The molecule has 786 valence electrons. The van der Waals surface area contributed by atoms with Gasteiger partial charge in [0.1, 0.15) is 47.6 Å². The van der Waals surface area contributed by atoms with Gasteiger partial charge < -0.3 is 115 Å². The molecule has 0 heterocycles. The fourth-order valence-corrected chi connectivity index (χ4v) is 10.9. The molecule has 0 saturated heterocycles. The Labute approximate surface area is 882 Å². The first-order valence-corrected chi connectivity index (χ1v) is 43.6. The van der Waals surface area contributed by atoms with Crippen molar-refractivity contribution in [2.45, 2.75) is 285 Å². The molecule has 139 heavy (non-hydrogen) atoms. The van der Waals surface area contributed by atoms with Crippen molar-refractivity contribution in [2.75, 3.05) is 33.0 Å². The van der Waals surface area contributed by atoms with Crippen LogP contribution in [0, 0.1) is 35.5 Å². The predicted octanol–water partition coefficient (Wildman–Crippen LogP) is 4.78. The van der Waals surface area contributed by atoms with Gasteiger partial charge in [-0.15, -0.1) is 18.6 Å². The van der Waals surface area contributed by atoms with Crippen molar-refractivity contribution in [2.24, 2.45) is 35.5 Å². The number of aliphatic hydroxyl groups is 7. The van der Waals surface area contributed by atoms with E-state index in [1.54, 1.807) is 30.8 Å². The number of aliphatic hydroxyl groups excluding tert-OH is 1. The number of allylic oxidation sites excluding steroid dienone is 8. The molecule has 0 aliphatic rings. The van der Waals surface area contributed by atoms with Gasteiger partial charge in [0.25, 0.3) is 0 Å². The SMILES string of the molecule is CC(=O)C(=O)CCOP.[2H]C(=O)C/C=C/C(C(=O)NC(C)C(=O)O)C(O)(CC(=O)O)C(=O)O.[2H]CC/C=C/C(C(=O)NC(C)C(C)=O)C(O)(CC(=O)O)C(C)=O.[2H]CC/C=C/C(C(=O)NC(C)C(C)=O)C(O)(CCO)C(C)=O.[2H]CC/C=C/C(C(=O)NC(C)C(C)=O)C(O)(CCOP)C(C)=O.[2H]CC/C=C/C(C(=O)O)C(O)(CCOP)C(C)=O.[2H]CC/C=C/C([C-]=O)C(O)(CCOP)C(C)=O.[2H]CC/C=C/C[C-]=O.[Y].[Y]. The van der Waals surface area contributed by atoms with Gasteiger partial charge in [0, 0.05) is 164 Å². The molecule has 2 radical (unpaired) electrons. The van der Waals surface area contributed by atoms with Crippen molar-refractivity contribution in [1.29, 1.82) is 0 Å². The molecule has 0 aromatic rings. The molecule has 0 aliphatic carbocycles. The molecule has 48 heteroatoms. The summed E-state index contributed by atoms with van der Waals surface area (Å²) in [5.74, 6) is -24.2. The van der Waals surface area contributed by atoms with E-state index in [1.807, 2.05) is 49.3 Å². The standard InChI is InChI=1S/C15H23NO6.C15H26NO5P.C15H25NO5.C13H17NO9.C11H19O5P.C11H18O4P.C6H9O.C5H9O3P.2Y/c1-5-6-7-12(14(21)16-9(2)10(3)17)15(22,11(4)18)8-13(19)20;1-5-6-7-13(14(19)16-10(2)11(3)17)15(20,12(4)18)8-9-21-22;1-5-6-7-13(14(20)16-10(2)11(3)18)15(21,8-9-17)12(4)19;1-7(11(19)20)14-10(18)8(4-2-3-5-15)13(23,12(21)22)6-9(16)17;1-3-4-5-9(10(13)14)11(15,8(2)12)6-7-16-17;1-3-4-5-10(8-12)11(14,9(2)13)6-7-15-16;1-2-3-4-5-6-7;1-4(6)5(7)2-3-8-9;;/h6-7,9,12,22H,5,8H2,1-4H3,(H,16,21)(H,19,20);6-7,10,13,20H,5,8-9,22H2,1-4H3,(H,16,19);6-7,10,13,17,21H,5,8-9H2,1-4H3,(H,16,20);2,4-5,7-8,23H,3,6H2,1H3,(H,14,18)(H,16,17)(H,19,20)(H,21,22);4-5,9,15H,3,6-7,17H2,1-2H3,(H,13,14);4-5,10,14H,3,6-7,16H2,1-2H3;3-4H,2,5H2,1H3;2-3,9H2,1H3;;/q;;;;;2*-1;;;/b3*7-6+;4-2+;2*5-4+;4-3+;;;/i3*1D;5D;3*1D;;;. The van der Waals surface area contributed by atoms with Crippen LogP contribution in [-0.2, 0) is 189 Å². The van der Waals surface area contributed by atoms with E-state index in [9.17, 15) is 136 Å². The number of nitrogens with one attached hydrogen (secondary N) is 4. The Morgan fingerprint density at radius 2 is 0.669 bits per heavy atom. The number of carbonyl (C=O) groups is 20. The Balaban J connectivity index is -0.000000184. The van der Waals surface area contributed by atoms with Gasteiger partial charge in [0.2, 0.25) is 23.6 Å². The number of amides is 4. The van der Waals surface area contributed by atoms with E-state index in [2.05, 4.69) is 20.5 Å². The number of rotatable bonds is 61. The fourth-order valence-electron chi connectivity index (χ4n) is 10.4. The normalized spacial score (nSPS) is 16.3. The number of aldehydes is 1. The van der Waals surface area contributed by atoms with Crippen LogP contribution in [0.15, 0.2) is 85.1 Å². The van der Waals surface area contributed by atoms with E-state index in [1.165, 1.54) is 111 Å². The zero-order chi connectivity index (χ0) is 114. The molecule has 0 aromatic heterocycles. The molecule has 16 N–H and O–H groups in total. The average molecular weight is 2210 g/mol. The zero-order valence-corrected chi connectivity index (χ0v) is 91.0. The second kappa shape index (κ2) is 85.1. The maximum absolute atomic E-state index is 12.4. The zero-order valence-electron chi connectivity index (χ0n) is 87.7. The van der Waals surface area contributed by atoms with Gasteiger partial charge in [0.15, 0.2) is 63.4 Å². The van der Waals surface area contributed by atoms with Crippen molar-refractivity contribution < 1.29 is 260 Å². The van der Waals surface area contributed by atoms with Crippen LogP contribution in [0.25, 0.3) is 0 Å². The summed E-state index contributed by atoms with van der Waals surface area (Å²) in [6.07, 6.45) is 21.7. The summed E-state index contributed by atoms with van der Waals surface area (Å²) in [6, 6.07) is -3.74. The summed E-state index contributed by atoms with van der Waals surface area (Å²) < 4.78 is 67.3. The number of ketones is 10. The van der Waals surface area contributed by atoms with E-state index < -0.39 is 214 Å². The van der Waals surface area contributed by atoms with Crippen LogP contribution in [0.5, 0.6) is 0 Å². The molecule has 42 nitrogen and oxygen atoms in total. The van der Waals surface area contributed by atoms with Gasteiger partial charge in [-0.2, -0.15) is 0 Å². The first kappa shape index (κ1) is 136. The third kappa shape index (κ3) is 63.4. The van der Waals surface area contributed by atoms with E-state index in [0.717, 1.165) is 46.3 Å². The van der Waals surface area contributed by atoms with Gasteiger partial charge in [-0.3, -0.25) is 98.9 Å². The van der Waals surface area contributed by atoms with Crippen LogP contribution in [0.3, 0.4) is 0 Å². The number of carbonyl (C=O) groups excluding carboxylic acids is 17. The van der Waals surface area contributed by atoms with Gasteiger partial charge in [-0.25, -0.2) is 4.79 Å². The molecule has 0 fully saturated rings.